The maximum atomic E-state index is 3.27. The van der Waals surface area contributed by atoms with Gasteiger partial charge in [-0.25, -0.2) is 0 Å². The minimum atomic E-state index is 1.11. The molecular formula is C13H14N2. The Morgan fingerprint density at radius 3 is 2.87 bits per heavy atom. The summed E-state index contributed by atoms with van der Waals surface area (Å²) in [6, 6.07) is 12.8. The zero-order chi connectivity index (χ0) is 10.1. The van der Waals surface area contributed by atoms with E-state index < -0.39 is 0 Å². The Hall–Kier alpha value is -1.70. The second-order valence-electron chi connectivity index (χ2n) is 3.94. The Morgan fingerprint density at radius 1 is 1.07 bits per heavy atom. The molecular weight excluding hydrogens is 184 g/mol. The molecule has 2 aromatic rings. The summed E-state index contributed by atoms with van der Waals surface area (Å²) in [5.41, 5.74) is 2.81. The highest BCUT2D eigenvalue weighted by Gasteiger charge is 2.17. The van der Waals surface area contributed by atoms with Crippen LogP contribution < -0.4 is 4.90 Å². The molecule has 1 N–H and O–H groups in total. The molecule has 2 nitrogen and oxygen atoms in total. The molecule has 0 radical (unpaired) electrons. The smallest absolute Gasteiger partial charge is 0.110 e. The first kappa shape index (κ1) is 8.60. The number of benzene rings is 1. The fourth-order valence-corrected chi connectivity index (χ4v) is 2.27. The van der Waals surface area contributed by atoms with Gasteiger partial charge in [-0.3, -0.25) is 0 Å². The molecule has 2 heterocycles. The number of rotatable bonds is 1. The number of nitrogens with one attached hydrogen (secondary N) is 1. The van der Waals surface area contributed by atoms with Gasteiger partial charge in [0.15, 0.2) is 0 Å². The lowest BCUT2D eigenvalue weighted by atomic mass is 10.0. The van der Waals surface area contributed by atoms with Crippen molar-refractivity contribution in [3.63, 3.8) is 0 Å². The van der Waals surface area contributed by atoms with E-state index in [0.717, 1.165) is 6.54 Å². The van der Waals surface area contributed by atoms with Gasteiger partial charge in [-0.05, 0) is 36.6 Å². The van der Waals surface area contributed by atoms with Crippen molar-refractivity contribution in [1.82, 2.24) is 4.98 Å². The fourth-order valence-electron chi connectivity index (χ4n) is 2.27. The number of aromatic nitrogens is 1. The van der Waals surface area contributed by atoms with Crippen molar-refractivity contribution in [3.05, 3.63) is 48.2 Å². The normalized spacial score (nSPS) is 15.1. The minimum Gasteiger partial charge on any atom is -0.348 e. The summed E-state index contributed by atoms with van der Waals surface area (Å²) in [4.78, 5) is 5.63. The molecule has 1 aliphatic rings. The fraction of sp³-hybridized carbons (Fsp3) is 0.231. The van der Waals surface area contributed by atoms with E-state index in [1.54, 1.807) is 0 Å². The number of H-pyrrole nitrogens is 1. The number of nitrogens with zero attached hydrogens (tertiary/aromatic N) is 1. The van der Waals surface area contributed by atoms with Crippen LogP contribution in [0, 0.1) is 0 Å². The summed E-state index contributed by atoms with van der Waals surface area (Å²) >= 11 is 0. The molecule has 2 heteroatoms. The van der Waals surface area contributed by atoms with E-state index in [0.29, 0.717) is 0 Å². The van der Waals surface area contributed by atoms with Gasteiger partial charge in [0.05, 0.1) is 0 Å². The molecule has 76 valence electrons. The standard InChI is InChI=1S/C13H14N2/c1-2-7-12-11(5-1)6-4-10-15(12)13-8-3-9-14-13/h1-3,5,7-9,14H,4,6,10H2. The van der Waals surface area contributed by atoms with Gasteiger partial charge >= 0.3 is 0 Å². The van der Waals surface area contributed by atoms with Crippen LogP contribution in [-0.2, 0) is 6.42 Å². The Balaban J connectivity index is 2.06. The van der Waals surface area contributed by atoms with Crippen LogP contribution in [-0.4, -0.2) is 11.5 Å². The molecule has 1 aromatic heterocycles. The second-order valence-corrected chi connectivity index (χ2v) is 3.94. The van der Waals surface area contributed by atoms with Crippen molar-refractivity contribution in [2.75, 3.05) is 11.4 Å². The summed E-state index contributed by atoms with van der Waals surface area (Å²) in [6.45, 7) is 1.11. The first-order valence-electron chi connectivity index (χ1n) is 5.44. The van der Waals surface area contributed by atoms with Crippen LogP contribution in [0.2, 0.25) is 0 Å². The van der Waals surface area contributed by atoms with E-state index in [9.17, 15) is 0 Å². The summed E-state index contributed by atoms with van der Waals surface area (Å²) in [5, 5.41) is 0. The molecule has 0 fully saturated rings. The highest BCUT2D eigenvalue weighted by molar-refractivity contribution is 5.65. The van der Waals surface area contributed by atoms with Gasteiger partial charge < -0.3 is 9.88 Å². The molecule has 0 atom stereocenters. The maximum Gasteiger partial charge on any atom is 0.110 e. The van der Waals surface area contributed by atoms with Crippen molar-refractivity contribution in [1.29, 1.82) is 0 Å². The van der Waals surface area contributed by atoms with Gasteiger partial charge in [-0.15, -0.1) is 0 Å². The lowest BCUT2D eigenvalue weighted by Gasteiger charge is -2.30. The number of fused-ring (bicyclic) bond motifs is 1. The van der Waals surface area contributed by atoms with Gasteiger partial charge in [-0.2, -0.15) is 0 Å². The van der Waals surface area contributed by atoms with Gasteiger partial charge in [0.1, 0.15) is 5.82 Å². The number of hydrogen-bond acceptors (Lipinski definition) is 1. The van der Waals surface area contributed by atoms with Crippen LogP contribution in [0.5, 0.6) is 0 Å². The van der Waals surface area contributed by atoms with Crippen molar-refractivity contribution in [2.45, 2.75) is 12.8 Å². The lowest BCUT2D eigenvalue weighted by molar-refractivity contribution is 0.761. The van der Waals surface area contributed by atoms with Crippen molar-refractivity contribution < 1.29 is 0 Å². The zero-order valence-corrected chi connectivity index (χ0v) is 8.61. The number of aryl methyl sites for hydroxylation is 1. The maximum absolute atomic E-state index is 3.27. The third-order valence-electron chi connectivity index (χ3n) is 2.98. The summed E-state index contributed by atoms with van der Waals surface area (Å²) in [6.07, 6.45) is 4.41. The largest absolute Gasteiger partial charge is 0.348 e. The second kappa shape index (κ2) is 3.46. The van der Waals surface area contributed by atoms with Crippen LogP contribution in [0.1, 0.15) is 12.0 Å². The molecule has 0 amide bonds. The average molecular weight is 198 g/mol. The van der Waals surface area contributed by atoms with Crippen LogP contribution in [0.4, 0.5) is 11.5 Å². The van der Waals surface area contributed by atoms with Gasteiger partial charge in [0.25, 0.3) is 0 Å². The highest BCUT2D eigenvalue weighted by atomic mass is 15.2. The average Bonchev–Trinajstić information content (AvgIpc) is 2.82. The van der Waals surface area contributed by atoms with E-state index in [2.05, 4.69) is 40.2 Å². The number of aromatic amines is 1. The van der Waals surface area contributed by atoms with Crippen LogP contribution in [0.25, 0.3) is 0 Å². The first-order valence-corrected chi connectivity index (χ1v) is 5.44. The molecule has 15 heavy (non-hydrogen) atoms. The SMILES string of the molecule is c1c[nH]c(N2CCCc3ccccc32)c1. The number of para-hydroxylation sites is 1. The lowest BCUT2D eigenvalue weighted by Crippen LogP contribution is -2.24. The Labute approximate surface area is 89.5 Å². The Kier molecular flexibility index (Phi) is 1.98. The van der Waals surface area contributed by atoms with Crippen molar-refractivity contribution in [2.24, 2.45) is 0 Å². The Bertz CT molecular complexity index is 445. The van der Waals surface area contributed by atoms with E-state index in [-0.39, 0.29) is 0 Å². The number of hydrogen-bond donors (Lipinski definition) is 1. The van der Waals surface area contributed by atoms with Crippen LogP contribution in [0.15, 0.2) is 42.6 Å². The van der Waals surface area contributed by atoms with Gasteiger partial charge in [0, 0.05) is 18.4 Å². The minimum absolute atomic E-state index is 1.11. The molecule has 0 spiro atoms. The molecule has 3 rings (SSSR count). The summed E-state index contributed by atoms with van der Waals surface area (Å²) < 4.78 is 0. The molecule has 0 bridgehead atoms. The van der Waals surface area contributed by atoms with E-state index in [1.165, 1.54) is 29.9 Å². The quantitative estimate of drug-likeness (QED) is 0.746. The first-order chi connectivity index (χ1) is 7.45. The topological polar surface area (TPSA) is 19.0 Å². The summed E-state index contributed by atoms with van der Waals surface area (Å²) in [7, 11) is 0. The third-order valence-corrected chi connectivity index (χ3v) is 2.98. The van der Waals surface area contributed by atoms with Gasteiger partial charge in [-0.1, -0.05) is 18.2 Å². The monoisotopic (exact) mass is 198 g/mol. The highest BCUT2D eigenvalue weighted by Crippen LogP contribution is 2.31. The zero-order valence-electron chi connectivity index (χ0n) is 8.61. The molecule has 1 aliphatic heterocycles. The predicted octanol–water partition coefficient (Wildman–Crippen LogP) is 3.10. The number of anilines is 2. The molecule has 0 saturated heterocycles. The van der Waals surface area contributed by atoms with E-state index in [4.69, 9.17) is 0 Å². The predicted molar refractivity (Wildman–Crippen MR) is 62.6 cm³/mol. The van der Waals surface area contributed by atoms with E-state index in [1.807, 2.05) is 12.3 Å². The Morgan fingerprint density at radius 2 is 2.00 bits per heavy atom. The molecule has 1 aromatic carbocycles. The van der Waals surface area contributed by atoms with Crippen LogP contribution >= 0.6 is 0 Å². The van der Waals surface area contributed by atoms with Crippen LogP contribution in [0.3, 0.4) is 0 Å². The van der Waals surface area contributed by atoms with Crippen molar-refractivity contribution >= 4 is 11.5 Å². The van der Waals surface area contributed by atoms with Crippen molar-refractivity contribution in [3.8, 4) is 0 Å². The molecule has 0 saturated carbocycles. The van der Waals surface area contributed by atoms with Gasteiger partial charge in [0.2, 0.25) is 0 Å². The third kappa shape index (κ3) is 1.42. The summed E-state index contributed by atoms with van der Waals surface area (Å²) in [5.74, 6) is 1.20. The van der Waals surface area contributed by atoms with E-state index >= 15 is 0 Å². The molecule has 0 unspecified atom stereocenters. The molecule has 0 aliphatic carbocycles.